The summed E-state index contributed by atoms with van der Waals surface area (Å²) in [5.74, 6) is 0.0521. The summed E-state index contributed by atoms with van der Waals surface area (Å²) >= 11 is 0. The highest BCUT2D eigenvalue weighted by atomic mass is 16.6. The maximum atomic E-state index is 12.3. The predicted octanol–water partition coefficient (Wildman–Crippen LogP) is 0.940. The third-order valence-corrected chi connectivity index (χ3v) is 3.19. The third-order valence-electron chi connectivity index (χ3n) is 3.19. The Labute approximate surface area is 131 Å². The lowest BCUT2D eigenvalue weighted by atomic mass is 10.2. The van der Waals surface area contributed by atoms with Crippen LogP contribution in [0.5, 0.6) is 0 Å². The highest BCUT2D eigenvalue weighted by Crippen LogP contribution is 2.14. The van der Waals surface area contributed by atoms with Crippen LogP contribution in [-0.4, -0.2) is 57.4 Å². The molecule has 0 aliphatic rings. The van der Waals surface area contributed by atoms with Gasteiger partial charge in [-0.1, -0.05) is 6.07 Å². The van der Waals surface area contributed by atoms with Gasteiger partial charge in [0, 0.05) is 13.6 Å². The van der Waals surface area contributed by atoms with Crippen LogP contribution in [0.15, 0.2) is 27.2 Å². The largest absolute Gasteiger partial charge is 0.415 e. The Bertz CT molecular complexity index is 825. The van der Waals surface area contributed by atoms with E-state index in [2.05, 4.69) is 25.1 Å². The SMILES string of the molecule is CN(C)Cc1nnc(C(=O)N(C)Cc2ccc3nonc3c2)o1. The van der Waals surface area contributed by atoms with Crippen LogP contribution in [0.3, 0.4) is 0 Å². The van der Waals surface area contributed by atoms with Gasteiger partial charge in [0.1, 0.15) is 11.0 Å². The van der Waals surface area contributed by atoms with Crippen LogP contribution in [0, 0.1) is 0 Å². The van der Waals surface area contributed by atoms with Crippen molar-refractivity contribution in [1.82, 2.24) is 30.3 Å². The van der Waals surface area contributed by atoms with Gasteiger partial charge in [-0.3, -0.25) is 4.79 Å². The van der Waals surface area contributed by atoms with E-state index in [0.29, 0.717) is 30.0 Å². The lowest BCUT2D eigenvalue weighted by molar-refractivity contribution is 0.0742. The number of benzene rings is 1. The molecule has 1 amide bonds. The second kappa shape index (κ2) is 6.13. The number of carbonyl (C=O) groups excluding carboxylic acids is 1. The van der Waals surface area contributed by atoms with Crippen LogP contribution in [0.25, 0.3) is 11.0 Å². The molecule has 2 aromatic heterocycles. The molecule has 0 fully saturated rings. The number of nitrogens with zero attached hydrogens (tertiary/aromatic N) is 6. The van der Waals surface area contributed by atoms with Gasteiger partial charge in [0.25, 0.3) is 0 Å². The number of carbonyl (C=O) groups is 1. The van der Waals surface area contributed by atoms with Gasteiger partial charge in [-0.15, -0.1) is 10.2 Å². The van der Waals surface area contributed by atoms with Crippen molar-refractivity contribution in [3.8, 4) is 0 Å². The fourth-order valence-corrected chi connectivity index (χ4v) is 2.11. The quantitative estimate of drug-likeness (QED) is 0.685. The van der Waals surface area contributed by atoms with E-state index in [9.17, 15) is 4.79 Å². The van der Waals surface area contributed by atoms with Gasteiger partial charge in [-0.05, 0) is 42.1 Å². The average molecular weight is 316 g/mol. The lowest BCUT2D eigenvalue weighted by Gasteiger charge is -2.14. The Morgan fingerprint density at radius 3 is 2.65 bits per heavy atom. The van der Waals surface area contributed by atoms with Crippen LogP contribution in [-0.2, 0) is 13.1 Å². The molecule has 0 aliphatic heterocycles. The Morgan fingerprint density at radius 1 is 1.09 bits per heavy atom. The van der Waals surface area contributed by atoms with Crippen molar-refractivity contribution >= 4 is 16.9 Å². The van der Waals surface area contributed by atoms with E-state index in [1.54, 1.807) is 13.1 Å². The van der Waals surface area contributed by atoms with Crippen molar-refractivity contribution < 1.29 is 13.8 Å². The lowest BCUT2D eigenvalue weighted by Crippen LogP contribution is -2.26. The summed E-state index contributed by atoms with van der Waals surface area (Å²) < 4.78 is 10.0. The molecule has 0 N–H and O–H groups in total. The summed E-state index contributed by atoms with van der Waals surface area (Å²) in [6, 6.07) is 5.48. The molecule has 0 aliphatic carbocycles. The van der Waals surface area contributed by atoms with Crippen LogP contribution in [0.2, 0.25) is 0 Å². The van der Waals surface area contributed by atoms with Crippen LogP contribution in [0.1, 0.15) is 22.1 Å². The monoisotopic (exact) mass is 316 g/mol. The zero-order chi connectivity index (χ0) is 16.4. The highest BCUT2D eigenvalue weighted by Gasteiger charge is 2.19. The van der Waals surface area contributed by atoms with E-state index >= 15 is 0 Å². The molecular weight excluding hydrogens is 300 g/mol. The first kappa shape index (κ1) is 15.1. The molecule has 0 atom stereocenters. The van der Waals surface area contributed by atoms with E-state index in [0.717, 1.165) is 5.56 Å². The summed E-state index contributed by atoms with van der Waals surface area (Å²) in [7, 11) is 5.43. The van der Waals surface area contributed by atoms with Crippen LogP contribution >= 0.6 is 0 Å². The molecule has 2 heterocycles. The second-order valence-corrected chi connectivity index (χ2v) is 5.49. The number of hydrogen-bond donors (Lipinski definition) is 0. The molecular formula is C14H16N6O3. The molecule has 3 rings (SSSR count). The molecule has 0 saturated carbocycles. The van der Waals surface area contributed by atoms with Crippen molar-refractivity contribution in [2.45, 2.75) is 13.1 Å². The highest BCUT2D eigenvalue weighted by molar-refractivity contribution is 5.89. The maximum absolute atomic E-state index is 12.3. The zero-order valence-electron chi connectivity index (χ0n) is 13.1. The normalized spacial score (nSPS) is 11.3. The van der Waals surface area contributed by atoms with Crippen molar-refractivity contribution in [2.24, 2.45) is 0 Å². The van der Waals surface area contributed by atoms with Gasteiger partial charge in [0.05, 0.1) is 6.54 Å². The van der Waals surface area contributed by atoms with E-state index in [1.165, 1.54) is 4.90 Å². The minimum absolute atomic E-state index is 0.0199. The summed E-state index contributed by atoms with van der Waals surface area (Å²) in [6.07, 6.45) is 0. The third kappa shape index (κ3) is 3.34. The van der Waals surface area contributed by atoms with E-state index in [1.807, 2.05) is 31.1 Å². The smallest absolute Gasteiger partial charge is 0.311 e. The summed E-state index contributed by atoms with van der Waals surface area (Å²) in [6.45, 7) is 0.868. The Kier molecular flexibility index (Phi) is 4.02. The minimum Gasteiger partial charge on any atom is -0.415 e. The molecule has 23 heavy (non-hydrogen) atoms. The number of aromatic nitrogens is 4. The van der Waals surface area contributed by atoms with Gasteiger partial charge in [0.15, 0.2) is 0 Å². The first-order valence-electron chi connectivity index (χ1n) is 6.96. The van der Waals surface area contributed by atoms with Crippen LogP contribution in [0.4, 0.5) is 0 Å². The van der Waals surface area contributed by atoms with E-state index < -0.39 is 0 Å². The number of amides is 1. The predicted molar refractivity (Wildman–Crippen MR) is 79.3 cm³/mol. The van der Waals surface area contributed by atoms with E-state index in [4.69, 9.17) is 4.42 Å². The molecule has 3 aromatic rings. The first-order valence-corrected chi connectivity index (χ1v) is 6.96. The Balaban J connectivity index is 1.70. The van der Waals surface area contributed by atoms with Gasteiger partial charge in [0.2, 0.25) is 5.89 Å². The number of hydrogen-bond acceptors (Lipinski definition) is 8. The van der Waals surface area contributed by atoms with Crippen molar-refractivity contribution in [3.63, 3.8) is 0 Å². The maximum Gasteiger partial charge on any atom is 0.311 e. The van der Waals surface area contributed by atoms with Gasteiger partial charge < -0.3 is 14.2 Å². The Morgan fingerprint density at radius 2 is 1.87 bits per heavy atom. The molecule has 9 heteroatoms. The summed E-state index contributed by atoms with van der Waals surface area (Å²) in [5, 5.41) is 15.2. The van der Waals surface area contributed by atoms with Crippen LogP contribution < -0.4 is 0 Å². The number of rotatable bonds is 5. The molecule has 9 nitrogen and oxygen atoms in total. The minimum atomic E-state index is -0.333. The van der Waals surface area contributed by atoms with E-state index in [-0.39, 0.29) is 11.8 Å². The fourth-order valence-electron chi connectivity index (χ4n) is 2.11. The van der Waals surface area contributed by atoms with Crippen molar-refractivity contribution in [2.75, 3.05) is 21.1 Å². The average Bonchev–Trinajstić information content (AvgIpc) is 3.14. The molecule has 0 radical (unpaired) electrons. The summed E-state index contributed by atoms with van der Waals surface area (Å²) in [5.41, 5.74) is 2.22. The van der Waals surface area contributed by atoms with Gasteiger partial charge in [-0.2, -0.15) is 0 Å². The topological polar surface area (TPSA) is 101 Å². The molecule has 0 saturated heterocycles. The Hall–Kier alpha value is -2.81. The van der Waals surface area contributed by atoms with Gasteiger partial charge in [-0.25, -0.2) is 4.63 Å². The number of fused-ring (bicyclic) bond motifs is 1. The van der Waals surface area contributed by atoms with Crippen molar-refractivity contribution in [3.05, 3.63) is 35.5 Å². The van der Waals surface area contributed by atoms with Crippen molar-refractivity contribution in [1.29, 1.82) is 0 Å². The standard InChI is InChI=1S/C14H16N6O3/c1-19(2)8-12-15-16-13(22-12)14(21)20(3)7-9-4-5-10-11(6-9)18-23-17-10/h4-6H,7-8H2,1-3H3. The molecule has 0 bridgehead atoms. The molecule has 0 spiro atoms. The molecule has 120 valence electrons. The second-order valence-electron chi connectivity index (χ2n) is 5.49. The molecule has 1 aromatic carbocycles. The summed E-state index contributed by atoms with van der Waals surface area (Å²) in [4.78, 5) is 15.7. The fraction of sp³-hybridized carbons (Fsp3) is 0.357. The molecule has 0 unspecified atom stereocenters. The van der Waals surface area contributed by atoms with Gasteiger partial charge >= 0.3 is 11.8 Å². The zero-order valence-corrected chi connectivity index (χ0v) is 13.1. The first-order chi connectivity index (χ1) is 11.0.